The predicted octanol–water partition coefficient (Wildman–Crippen LogP) is 5.09. The highest BCUT2D eigenvalue weighted by Gasteiger charge is 2.18. The number of fused-ring (bicyclic) bond motifs is 1. The normalized spacial score (nSPS) is 10.9. The number of ether oxygens (including phenoxy) is 1. The number of pyridine rings is 1. The molecule has 0 fully saturated rings. The fourth-order valence-corrected chi connectivity index (χ4v) is 3.96. The molecule has 0 saturated carbocycles. The van der Waals surface area contributed by atoms with E-state index in [0.717, 1.165) is 16.8 Å². The first-order valence-electron chi connectivity index (χ1n) is 11.1. The monoisotopic (exact) mass is 483 g/mol. The number of nitrogens with one attached hydrogen (secondary N) is 1. The first kappa shape index (κ1) is 22.6. The summed E-state index contributed by atoms with van der Waals surface area (Å²) in [5.74, 6) is 0.415. The second-order valence-corrected chi connectivity index (χ2v) is 8.30. The summed E-state index contributed by atoms with van der Waals surface area (Å²) < 4.78 is 7.10. The van der Waals surface area contributed by atoms with Crippen LogP contribution in [0.4, 0.5) is 0 Å². The van der Waals surface area contributed by atoms with Crippen molar-refractivity contribution in [3.63, 3.8) is 0 Å². The van der Waals surface area contributed by atoms with Gasteiger partial charge >= 0.3 is 0 Å². The molecule has 3 aromatic heterocycles. The van der Waals surface area contributed by atoms with E-state index < -0.39 is 0 Å². The van der Waals surface area contributed by atoms with Crippen molar-refractivity contribution >= 4 is 23.2 Å². The zero-order valence-electron chi connectivity index (χ0n) is 19.0. The molecule has 0 atom stereocenters. The predicted molar refractivity (Wildman–Crippen MR) is 136 cm³/mol. The zero-order chi connectivity index (χ0) is 24.2. The van der Waals surface area contributed by atoms with E-state index in [-0.39, 0.29) is 5.91 Å². The number of methoxy groups -OCH3 is 1. The van der Waals surface area contributed by atoms with Gasteiger partial charge in [-0.2, -0.15) is 5.10 Å². The van der Waals surface area contributed by atoms with Crippen LogP contribution in [0, 0.1) is 0 Å². The number of rotatable bonds is 7. The van der Waals surface area contributed by atoms with E-state index in [2.05, 4.69) is 15.4 Å². The summed E-state index contributed by atoms with van der Waals surface area (Å²) in [4.78, 5) is 22.4. The van der Waals surface area contributed by atoms with Gasteiger partial charge in [-0.25, -0.2) is 9.50 Å². The minimum atomic E-state index is -0.254. The summed E-state index contributed by atoms with van der Waals surface area (Å²) in [7, 11) is 1.61. The van der Waals surface area contributed by atoms with Gasteiger partial charge in [0.05, 0.1) is 18.5 Å². The van der Waals surface area contributed by atoms with Crippen LogP contribution < -0.4 is 10.1 Å². The molecule has 3 heterocycles. The molecule has 1 amide bonds. The number of para-hydroxylation sites is 1. The maximum atomic E-state index is 13.3. The summed E-state index contributed by atoms with van der Waals surface area (Å²) in [6.07, 6.45) is 2.36. The van der Waals surface area contributed by atoms with Crippen LogP contribution in [-0.4, -0.2) is 39.1 Å². The van der Waals surface area contributed by atoms with Gasteiger partial charge in [0.2, 0.25) is 0 Å². The number of carbonyl (C=O) groups excluding carboxylic acids is 1. The molecule has 35 heavy (non-hydrogen) atoms. The largest absolute Gasteiger partial charge is 0.496 e. The number of halogens is 1. The van der Waals surface area contributed by atoms with E-state index in [1.54, 1.807) is 36.0 Å². The SMILES string of the molecule is COc1ccccc1-c1cc(C(=O)NCCc2ccccn2)n2nc(-c3ccc(Cl)cc3)cc2n1. The summed E-state index contributed by atoms with van der Waals surface area (Å²) >= 11 is 6.05. The molecule has 2 aromatic carbocycles. The third-order valence-corrected chi connectivity index (χ3v) is 5.83. The second kappa shape index (κ2) is 9.95. The lowest BCUT2D eigenvalue weighted by molar-refractivity contribution is 0.0946. The number of hydrogen-bond acceptors (Lipinski definition) is 5. The average Bonchev–Trinajstić information content (AvgIpc) is 3.33. The fourth-order valence-electron chi connectivity index (χ4n) is 3.83. The molecule has 8 heteroatoms. The van der Waals surface area contributed by atoms with Gasteiger partial charge in [-0.1, -0.05) is 41.9 Å². The van der Waals surface area contributed by atoms with Gasteiger partial charge in [0.25, 0.3) is 5.91 Å². The molecule has 0 bridgehead atoms. The molecule has 0 saturated heterocycles. The van der Waals surface area contributed by atoms with E-state index >= 15 is 0 Å². The highest BCUT2D eigenvalue weighted by Crippen LogP contribution is 2.30. The number of benzene rings is 2. The molecule has 0 unspecified atom stereocenters. The van der Waals surface area contributed by atoms with Crippen LogP contribution in [0.25, 0.3) is 28.2 Å². The third kappa shape index (κ3) is 4.85. The number of carbonyl (C=O) groups is 1. The summed E-state index contributed by atoms with van der Waals surface area (Å²) in [5, 5.41) is 8.31. The van der Waals surface area contributed by atoms with Gasteiger partial charge in [0.1, 0.15) is 11.4 Å². The molecule has 0 aliphatic rings. The van der Waals surface area contributed by atoms with Crippen LogP contribution in [0.1, 0.15) is 16.2 Å². The number of amides is 1. The van der Waals surface area contributed by atoms with Crippen molar-refractivity contribution in [3.8, 4) is 28.3 Å². The third-order valence-electron chi connectivity index (χ3n) is 5.58. The summed E-state index contributed by atoms with van der Waals surface area (Å²) in [5.41, 5.74) is 4.80. The Morgan fingerprint density at radius 1 is 1.00 bits per heavy atom. The molecular weight excluding hydrogens is 462 g/mol. The Labute approximate surface area is 207 Å². The molecular formula is C27H22ClN5O2. The van der Waals surface area contributed by atoms with Crippen LogP contribution in [-0.2, 0) is 6.42 Å². The van der Waals surface area contributed by atoms with Crippen LogP contribution in [0.3, 0.4) is 0 Å². The van der Waals surface area contributed by atoms with E-state index in [9.17, 15) is 4.79 Å². The van der Waals surface area contributed by atoms with Crippen molar-refractivity contribution in [3.05, 3.63) is 101 Å². The van der Waals surface area contributed by atoms with Crippen LogP contribution in [0.15, 0.2) is 85.1 Å². The zero-order valence-corrected chi connectivity index (χ0v) is 19.7. The average molecular weight is 484 g/mol. The molecule has 0 spiro atoms. The van der Waals surface area contributed by atoms with E-state index in [0.29, 0.717) is 46.5 Å². The van der Waals surface area contributed by atoms with E-state index in [4.69, 9.17) is 21.3 Å². The summed E-state index contributed by atoms with van der Waals surface area (Å²) in [6.45, 7) is 0.439. The van der Waals surface area contributed by atoms with Crippen LogP contribution in [0.2, 0.25) is 5.02 Å². The molecule has 0 radical (unpaired) electrons. The number of nitrogens with zero attached hydrogens (tertiary/aromatic N) is 4. The van der Waals surface area contributed by atoms with Crippen molar-refractivity contribution < 1.29 is 9.53 Å². The van der Waals surface area contributed by atoms with E-state index in [1.807, 2.05) is 60.7 Å². The van der Waals surface area contributed by atoms with Crippen LogP contribution in [0.5, 0.6) is 5.75 Å². The van der Waals surface area contributed by atoms with Gasteiger partial charge in [0.15, 0.2) is 5.65 Å². The highest BCUT2D eigenvalue weighted by molar-refractivity contribution is 6.30. The minimum absolute atomic E-state index is 0.254. The van der Waals surface area contributed by atoms with Gasteiger partial charge in [0, 0.05) is 47.1 Å². The second-order valence-electron chi connectivity index (χ2n) is 7.86. The highest BCUT2D eigenvalue weighted by atomic mass is 35.5. The minimum Gasteiger partial charge on any atom is -0.496 e. The Morgan fingerprint density at radius 3 is 2.57 bits per heavy atom. The first-order chi connectivity index (χ1) is 17.1. The van der Waals surface area contributed by atoms with Crippen molar-refractivity contribution in [2.24, 2.45) is 0 Å². The maximum Gasteiger partial charge on any atom is 0.270 e. The number of aromatic nitrogens is 4. The Kier molecular flexibility index (Phi) is 6.41. The Hall–Kier alpha value is -4.23. The molecule has 5 rings (SSSR count). The molecule has 7 nitrogen and oxygen atoms in total. The Balaban J connectivity index is 1.55. The molecule has 0 aliphatic heterocycles. The number of hydrogen-bond donors (Lipinski definition) is 1. The lowest BCUT2D eigenvalue weighted by Gasteiger charge is -2.11. The molecule has 174 valence electrons. The maximum absolute atomic E-state index is 13.3. The van der Waals surface area contributed by atoms with Crippen molar-refractivity contribution in [2.75, 3.05) is 13.7 Å². The topological polar surface area (TPSA) is 81.4 Å². The fraction of sp³-hybridized carbons (Fsp3) is 0.111. The van der Waals surface area contributed by atoms with Gasteiger partial charge in [-0.15, -0.1) is 0 Å². The van der Waals surface area contributed by atoms with E-state index in [1.165, 1.54) is 0 Å². The van der Waals surface area contributed by atoms with Gasteiger partial charge in [-0.3, -0.25) is 9.78 Å². The Morgan fingerprint density at radius 2 is 1.80 bits per heavy atom. The van der Waals surface area contributed by atoms with Crippen molar-refractivity contribution in [1.82, 2.24) is 24.9 Å². The van der Waals surface area contributed by atoms with Crippen LogP contribution >= 0.6 is 11.6 Å². The molecule has 1 N–H and O–H groups in total. The van der Waals surface area contributed by atoms with Crippen molar-refractivity contribution in [1.29, 1.82) is 0 Å². The standard InChI is InChI=1S/C27H22ClN5O2/c1-35-25-8-3-2-7-21(25)23-16-24(27(34)30-15-13-20-6-4-5-14-29-20)33-26(31-23)17-22(32-33)18-9-11-19(28)12-10-18/h2-12,14,16-17H,13,15H2,1H3,(H,30,34). The lowest BCUT2D eigenvalue weighted by Crippen LogP contribution is -2.28. The van der Waals surface area contributed by atoms with Crippen molar-refractivity contribution in [2.45, 2.75) is 6.42 Å². The van der Waals surface area contributed by atoms with Gasteiger partial charge < -0.3 is 10.1 Å². The van der Waals surface area contributed by atoms with Gasteiger partial charge in [-0.05, 0) is 42.5 Å². The smallest absolute Gasteiger partial charge is 0.270 e. The molecule has 5 aromatic rings. The molecule has 0 aliphatic carbocycles. The summed E-state index contributed by atoms with van der Waals surface area (Å²) in [6, 6.07) is 24.3. The quantitative estimate of drug-likeness (QED) is 0.348. The first-order valence-corrected chi connectivity index (χ1v) is 11.5. The lowest BCUT2D eigenvalue weighted by atomic mass is 10.1. The Bertz CT molecular complexity index is 1480.